The van der Waals surface area contributed by atoms with Crippen LogP contribution in [0.3, 0.4) is 0 Å². The molecule has 1 aromatic rings. The number of Topliss-reactive ketones (excluding diaryl/α,β-unsaturated/α-hetero) is 1. The number of benzene rings is 1. The predicted molar refractivity (Wildman–Crippen MR) is 75.8 cm³/mol. The van der Waals surface area contributed by atoms with E-state index in [9.17, 15) is 13.2 Å². The zero-order valence-corrected chi connectivity index (χ0v) is 11.9. The molecule has 1 heterocycles. The Morgan fingerprint density at radius 3 is 2.58 bits per heavy atom. The number of ketones is 1. The summed E-state index contributed by atoms with van der Waals surface area (Å²) in [4.78, 5) is 12.0. The monoisotopic (exact) mass is 280 g/mol. The summed E-state index contributed by atoms with van der Waals surface area (Å²) in [5.41, 5.74) is 1.20. The van der Waals surface area contributed by atoms with Gasteiger partial charge in [-0.3, -0.25) is 4.79 Å². The van der Waals surface area contributed by atoms with E-state index in [-0.39, 0.29) is 11.5 Å². The lowest BCUT2D eigenvalue weighted by Gasteiger charge is -2.20. The van der Waals surface area contributed by atoms with E-state index in [0.29, 0.717) is 19.3 Å². The van der Waals surface area contributed by atoms with Crippen LogP contribution in [0, 0.1) is 0 Å². The van der Waals surface area contributed by atoms with E-state index < -0.39 is 15.1 Å². The molecule has 1 aromatic carbocycles. The first kappa shape index (κ1) is 14.3. The van der Waals surface area contributed by atoms with E-state index in [1.807, 2.05) is 30.3 Å². The highest BCUT2D eigenvalue weighted by atomic mass is 32.2. The van der Waals surface area contributed by atoms with Crippen LogP contribution < -0.4 is 0 Å². The zero-order valence-electron chi connectivity index (χ0n) is 11.0. The van der Waals surface area contributed by atoms with Crippen molar-refractivity contribution in [3.05, 3.63) is 35.9 Å². The Hall–Kier alpha value is -1.16. The van der Waals surface area contributed by atoms with Gasteiger partial charge in [0, 0.05) is 6.42 Å². The molecule has 1 fully saturated rings. The Morgan fingerprint density at radius 1 is 1.16 bits per heavy atom. The van der Waals surface area contributed by atoms with Crippen LogP contribution in [0.15, 0.2) is 30.3 Å². The van der Waals surface area contributed by atoms with Crippen LogP contribution in [-0.4, -0.2) is 25.2 Å². The molecular formula is C15H20O3S. The molecule has 19 heavy (non-hydrogen) atoms. The minimum atomic E-state index is -3.17. The van der Waals surface area contributed by atoms with Crippen LogP contribution in [0.2, 0.25) is 0 Å². The maximum atomic E-state index is 12.0. The van der Waals surface area contributed by atoms with Crippen molar-refractivity contribution in [2.75, 3.05) is 5.75 Å². The standard InChI is InChI=1S/C15H20O3S/c16-14(15-11-4-5-12-19(15,17)18)10-6-9-13-7-2-1-3-8-13/h1-3,7-8,15H,4-6,9-12H2. The second-order valence-corrected chi connectivity index (χ2v) is 7.46. The van der Waals surface area contributed by atoms with Crippen LogP contribution in [-0.2, 0) is 21.1 Å². The number of sulfone groups is 1. The lowest BCUT2D eigenvalue weighted by molar-refractivity contribution is -0.118. The number of aryl methyl sites for hydroxylation is 1. The largest absolute Gasteiger partial charge is 0.298 e. The summed E-state index contributed by atoms with van der Waals surface area (Å²) in [5, 5.41) is -0.725. The molecule has 0 aromatic heterocycles. The minimum Gasteiger partial charge on any atom is -0.298 e. The van der Waals surface area contributed by atoms with Crippen molar-refractivity contribution in [1.82, 2.24) is 0 Å². The second-order valence-electron chi connectivity index (χ2n) is 5.16. The third-order valence-corrected chi connectivity index (χ3v) is 5.89. The SMILES string of the molecule is O=C(CCCc1ccccc1)C1CCCCS1(=O)=O. The molecule has 0 aliphatic carbocycles. The van der Waals surface area contributed by atoms with Gasteiger partial charge < -0.3 is 0 Å². The molecule has 1 aliphatic rings. The fourth-order valence-corrected chi connectivity index (χ4v) is 4.52. The molecule has 0 saturated carbocycles. The Bertz CT molecular complexity index is 520. The van der Waals surface area contributed by atoms with Crippen LogP contribution in [0.5, 0.6) is 0 Å². The molecule has 0 bridgehead atoms. The molecule has 0 N–H and O–H groups in total. The Labute approximate surface area is 114 Å². The molecule has 0 radical (unpaired) electrons. The molecular weight excluding hydrogens is 260 g/mol. The number of carbonyl (C=O) groups excluding carboxylic acids is 1. The molecule has 3 nitrogen and oxygen atoms in total. The van der Waals surface area contributed by atoms with Crippen LogP contribution in [0.25, 0.3) is 0 Å². The second kappa shape index (κ2) is 6.33. The van der Waals surface area contributed by atoms with Crippen molar-refractivity contribution in [3.63, 3.8) is 0 Å². The Balaban J connectivity index is 1.84. The maximum absolute atomic E-state index is 12.0. The van der Waals surface area contributed by atoms with E-state index in [2.05, 4.69) is 0 Å². The molecule has 2 rings (SSSR count). The van der Waals surface area contributed by atoms with Crippen molar-refractivity contribution in [2.45, 2.75) is 43.8 Å². The number of carbonyl (C=O) groups is 1. The third kappa shape index (κ3) is 3.90. The van der Waals surface area contributed by atoms with Crippen molar-refractivity contribution in [1.29, 1.82) is 0 Å². The van der Waals surface area contributed by atoms with Gasteiger partial charge in [-0.05, 0) is 31.2 Å². The maximum Gasteiger partial charge on any atom is 0.160 e. The van der Waals surface area contributed by atoms with E-state index in [1.165, 1.54) is 5.56 Å². The normalized spacial score (nSPS) is 22.0. The molecule has 4 heteroatoms. The number of hydrogen-bond acceptors (Lipinski definition) is 3. The first-order valence-corrected chi connectivity index (χ1v) is 8.59. The Kier molecular flexibility index (Phi) is 4.75. The smallest absolute Gasteiger partial charge is 0.160 e. The molecule has 1 saturated heterocycles. The topological polar surface area (TPSA) is 51.2 Å². The molecule has 0 amide bonds. The van der Waals surface area contributed by atoms with Crippen molar-refractivity contribution in [3.8, 4) is 0 Å². The van der Waals surface area contributed by atoms with Gasteiger partial charge in [0.15, 0.2) is 15.6 Å². The number of rotatable bonds is 5. The third-order valence-electron chi connectivity index (χ3n) is 3.67. The predicted octanol–water partition coefficient (Wildman–Crippen LogP) is 2.55. The van der Waals surface area contributed by atoms with Crippen LogP contribution in [0.4, 0.5) is 0 Å². The van der Waals surface area contributed by atoms with Gasteiger partial charge in [-0.25, -0.2) is 8.42 Å². The highest BCUT2D eigenvalue weighted by molar-refractivity contribution is 7.92. The average molecular weight is 280 g/mol. The first-order chi connectivity index (χ1) is 9.09. The highest BCUT2D eigenvalue weighted by Crippen LogP contribution is 2.22. The summed E-state index contributed by atoms with van der Waals surface area (Å²) >= 11 is 0. The lowest BCUT2D eigenvalue weighted by atomic mass is 10.0. The molecule has 1 atom stereocenters. The lowest BCUT2D eigenvalue weighted by Crippen LogP contribution is -2.35. The summed E-state index contributed by atoms with van der Waals surface area (Å²) in [6.45, 7) is 0. The molecule has 104 valence electrons. The van der Waals surface area contributed by atoms with Gasteiger partial charge in [-0.2, -0.15) is 0 Å². The van der Waals surface area contributed by atoms with E-state index in [4.69, 9.17) is 0 Å². The first-order valence-electron chi connectivity index (χ1n) is 6.88. The van der Waals surface area contributed by atoms with Gasteiger partial charge in [0.05, 0.1) is 5.75 Å². The summed E-state index contributed by atoms with van der Waals surface area (Å²) in [7, 11) is -3.17. The molecule has 0 spiro atoms. The molecule has 1 aliphatic heterocycles. The fourth-order valence-electron chi connectivity index (χ4n) is 2.59. The number of hydrogen-bond donors (Lipinski definition) is 0. The van der Waals surface area contributed by atoms with Crippen molar-refractivity contribution < 1.29 is 13.2 Å². The Morgan fingerprint density at radius 2 is 1.89 bits per heavy atom. The zero-order chi connectivity index (χ0) is 13.7. The summed E-state index contributed by atoms with van der Waals surface area (Å²) in [6.07, 6.45) is 4.02. The summed E-state index contributed by atoms with van der Waals surface area (Å²) < 4.78 is 23.7. The van der Waals surface area contributed by atoms with E-state index >= 15 is 0 Å². The van der Waals surface area contributed by atoms with Gasteiger partial charge in [0.2, 0.25) is 0 Å². The average Bonchev–Trinajstić information content (AvgIpc) is 2.39. The highest BCUT2D eigenvalue weighted by Gasteiger charge is 2.33. The fraction of sp³-hybridized carbons (Fsp3) is 0.533. The van der Waals surface area contributed by atoms with E-state index in [1.54, 1.807) is 0 Å². The van der Waals surface area contributed by atoms with Crippen LogP contribution in [0.1, 0.15) is 37.7 Å². The summed E-state index contributed by atoms with van der Waals surface area (Å²) in [6, 6.07) is 9.97. The quantitative estimate of drug-likeness (QED) is 0.833. The van der Waals surface area contributed by atoms with Gasteiger partial charge in [0.25, 0.3) is 0 Å². The van der Waals surface area contributed by atoms with Gasteiger partial charge in [0.1, 0.15) is 5.25 Å². The van der Waals surface area contributed by atoms with Gasteiger partial charge in [-0.15, -0.1) is 0 Å². The van der Waals surface area contributed by atoms with Crippen LogP contribution >= 0.6 is 0 Å². The molecule has 1 unspecified atom stereocenters. The van der Waals surface area contributed by atoms with Crippen molar-refractivity contribution in [2.24, 2.45) is 0 Å². The van der Waals surface area contributed by atoms with Gasteiger partial charge >= 0.3 is 0 Å². The van der Waals surface area contributed by atoms with Gasteiger partial charge in [-0.1, -0.05) is 36.8 Å². The van der Waals surface area contributed by atoms with E-state index in [0.717, 1.165) is 19.3 Å². The summed E-state index contributed by atoms with van der Waals surface area (Å²) in [5.74, 6) is 0.0953. The minimum absolute atomic E-state index is 0.0874. The van der Waals surface area contributed by atoms with Crippen molar-refractivity contribution >= 4 is 15.6 Å².